The molecule has 0 aliphatic carbocycles. The molecule has 0 saturated heterocycles. The van der Waals surface area contributed by atoms with Gasteiger partial charge in [0.25, 0.3) is 10.1 Å². The minimum absolute atomic E-state index is 0.177. The SMILES string of the molecule is Cc1ccc(S(=O)(=O)OS(=O)(=O)CCCn2cc[n+](C)c2)cc1. The highest BCUT2D eigenvalue weighted by molar-refractivity contribution is 7.99. The lowest BCUT2D eigenvalue weighted by Crippen LogP contribution is -2.24. The van der Waals surface area contributed by atoms with Crippen molar-refractivity contribution in [1.82, 2.24) is 4.57 Å². The van der Waals surface area contributed by atoms with Gasteiger partial charge in [-0.25, -0.2) is 9.13 Å². The second-order valence-corrected chi connectivity index (χ2v) is 8.72. The molecule has 0 spiro atoms. The van der Waals surface area contributed by atoms with Crippen LogP contribution in [0.4, 0.5) is 0 Å². The standard InChI is InChI=1S/C14H19N2O5S2/c1-13-4-6-14(7-5-13)23(19,20)21-22(17,18)11-3-8-16-10-9-15(2)12-16/h4-7,9-10,12H,3,8,11H2,1-2H3/q+1. The molecule has 0 aliphatic rings. The topological polar surface area (TPSA) is 86.3 Å². The third-order valence-electron chi connectivity index (χ3n) is 3.14. The van der Waals surface area contributed by atoms with Crippen molar-refractivity contribution in [2.45, 2.75) is 24.8 Å². The summed E-state index contributed by atoms with van der Waals surface area (Å²) >= 11 is 0. The van der Waals surface area contributed by atoms with Gasteiger partial charge in [-0.05, 0) is 19.1 Å². The third-order valence-corrected chi connectivity index (χ3v) is 6.32. The molecule has 0 amide bonds. The van der Waals surface area contributed by atoms with E-state index >= 15 is 0 Å². The van der Waals surface area contributed by atoms with Gasteiger partial charge < -0.3 is 0 Å². The van der Waals surface area contributed by atoms with Crippen LogP contribution in [0.2, 0.25) is 0 Å². The summed E-state index contributed by atoms with van der Waals surface area (Å²) < 4.78 is 55.8. The normalized spacial score (nSPS) is 12.4. The zero-order chi connectivity index (χ0) is 17.1. The van der Waals surface area contributed by atoms with Crippen LogP contribution in [0.15, 0.2) is 47.9 Å². The lowest BCUT2D eigenvalue weighted by atomic mass is 10.2. The molecule has 1 heterocycles. The van der Waals surface area contributed by atoms with E-state index in [0.29, 0.717) is 6.54 Å². The monoisotopic (exact) mass is 359 g/mol. The molecule has 2 aromatic rings. The maximum atomic E-state index is 12.0. The molecule has 2 rings (SSSR count). The van der Waals surface area contributed by atoms with Crippen molar-refractivity contribution >= 4 is 20.2 Å². The van der Waals surface area contributed by atoms with Crippen LogP contribution in [0.1, 0.15) is 12.0 Å². The fourth-order valence-electron chi connectivity index (χ4n) is 1.97. The van der Waals surface area contributed by atoms with Crippen molar-refractivity contribution in [3.63, 3.8) is 0 Å². The van der Waals surface area contributed by atoms with Gasteiger partial charge in [0.1, 0.15) is 12.4 Å². The number of aryl methyl sites for hydroxylation is 3. The van der Waals surface area contributed by atoms with E-state index in [0.717, 1.165) is 5.56 Å². The van der Waals surface area contributed by atoms with Crippen LogP contribution < -0.4 is 4.57 Å². The van der Waals surface area contributed by atoms with E-state index < -0.39 is 20.2 Å². The molecule has 0 radical (unpaired) electrons. The van der Waals surface area contributed by atoms with Gasteiger partial charge in [0.2, 0.25) is 6.33 Å². The summed E-state index contributed by atoms with van der Waals surface area (Å²) in [5.74, 6) is -0.375. The van der Waals surface area contributed by atoms with Gasteiger partial charge in [-0.1, -0.05) is 17.7 Å². The Morgan fingerprint density at radius 1 is 1.13 bits per heavy atom. The second kappa shape index (κ2) is 6.81. The Hall–Kier alpha value is -1.71. The third kappa shape index (κ3) is 5.15. The zero-order valence-corrected chi connectivity index (χ0v) is 14.5. The predicted molar refractivity (Wildman–Crippen MR) is 83.5 cm³/mol. The van der Waals surface area contributed by atoms with Crippen LogP contribution >= 0.6 is 0 Å². The second-order valence-electron chi connectivity index (χ2n) is 5.27. The average molecular weight is 359 g/mol. The molecule has 0 saturated carbocycles. The summed E-state index contributed by atoms with van der Waals surface area (Å²) in [6.07, 6.45) is 5.68. The van der Waals surface area contributed by atoms with Gasteiger partial charge in [0.15, 0.2) is 0 Å². The van der Waals surface area contributed by atoms with Gasteiger partial charge in [-0.2, -0.15) is 16.8 Å². The molecule has 1 aromatic carbocycles. The van der Waals surface area contributed by atoms with Gasteiger partial charge in [0.05, 0.1) is 24.2 Å². The molecule has 1 aromatic heterocycles. The van der Waals surface area contributed by atoms with Crippen LogP contribution in [0.25, 0.3) is 0 Å². The van der Waals surface area contributed by atoms with Gasteiger partial charge in [-0.3, -0.25) is 0 Å². The number of benzene rings is 1. The number of hydrogen-bond donors (Lipinski definition) is 0. The first-order valence-corrected chi connectivity index (χ1v) is 9.93. The maximum Gasteiger partial charge on any atom is 0.311 e. The minimum atomic E-state index is -4.32. The molecule has 23 heavy (non-hydrogen) atoms. The summed E-state index contributed by atoms with van der Waals surface area (Å²) in [4.78, 5) is -0.177. The van der Waals surface area contributed by atoms with E-state index in [2.05, 4.69) is 3.63 Å². The van der Waals surface area contributed by atoms with Crippen molar-refractivity contribution in [2.75, 3.05) is 5.75 Å². The Bertz CT molecular complexity index is 868. The zero-order valence-electron chi connectivity index (χ0n) is 12.9. The van der Waals surface area contributed by atoms with Crippen molar-refractivity contribution in [1.29, 1.82) is 0 Å². The molecule has 9 heteroatoms. The van der Waals surface area contributed by atoms with Crippen molar-refractivity contribution < 1.29 is 25.0 Å². The van der Waals surface area contributed by atoms with Crippen molar-refractivity contribution in [2.24, 2.45) is 7.05 Å². The Labute approximate surface area is 136 Å². The number of nitrogens with zero attached hydrogens (tertiary/aromatic N) is 2. The van der Waals surface area contributed by atoms with Crippen LogP contribution in [-0.2, 0) is 37.5 Å². The first kappa shape index (κ1) is 17.6. The van der Waals surface area contributed by atoms with Crippen LogP contribution in [0.3, 0.4) is 0 Å². The Morgan fingerprint density at radius 2 is 1.78 bits per heavy atom. The Balaban J connectivity index is 1.98. The molecule has 126 valence electrons. The molecular formula is C14H19N2O5S2+. The van der Waals surface area contributed by atoms with Gasteiger partial charge >= 0.3 is 10.1 Å². The molecule has 0 bridgehead atoms. The highest BCUT2D eigenvalue weighted by Crippen LogP contribution is 2.16. The number of hydrogen-bond acceptors (Lipinski definition) is 5. The van der Waals surface area contributed by atoms with E-state index in [1.807, 2.05) is 22.4 Å². The van der Waals surface area contributed by atoms with Crippen LogP contribution in [0, 0.1) is 6.92 Å². The Morgan fingerprint density at radius 3 is 2.35 bits per heavy atom. The van der Waals surface area contributed by atoms with Crippen molar-refractivity contribution in [3.05, 3.63) is 48.5 Å². The largest absolute Gasteiger partial charge is 0.311 e. The lowest BCUT2D eigenvalue weighted by Gasteiger charge is -2.06. The molecule has 7 nitrogen and oxygen atoms in total. The molecule has 0 fully saturated rings. The number of imidazole rings is 1. The molecular weight excluding hydrogens is 340 g/mol. The number of aromatic nitrogens is 2. The highest BCUT2D eigenvalue weighted by Gasteiger charge is 2.24. The molecule has 0 N–H and O–H groups in total. The molecule has 0 atom stereocenters. The highest BCUT2D eigenvalue weighted by atomic mass is 32.3. The predicted octanol–water partition coefficient (Wildman–Crippen LogP) is 0.746. The van der Waals surface area contributed by atoms with Crippen LogP contribution in [0.5, 0.6) is 0 Å². The fraction of sp³-hybridized carbons (Fsp3) is 0.357. The summed E-state index contributed by atoms with van der Waals surface area (Å²) in [7, 11) is -6.64. The van der Waals surface area contributed by atoms with E-state index in [1.54, 1.807) is 31.6 Å². The first-order valence-electron chi connectivity index (χ1n) is 6.94. The van der Waals surface area contributed by atoms with Crippen LogP contribution in [-0.4, -0.2) is 27.2 Å². The van der Waals surface area contributed by atoms with Crippen molar-refractivity contribution in [3.8, 4) is 0 Å². The Kier molecular flexibility index (Phi) is 5.23. The van der Waals surface area contributed by atoms with E-state index in [-0.39, 0.29) is 17.1 Å². The summed E-state index contributed by atoms with van der Waals surface area (Å²) in [6, 6.07) is 5.80. The van der Waals surface area contributed by atoms with E-state index in [1.165, 1.54) is 12.1 Å². The lowest BCUT2D eigenvalue weighted by molar-refractivity contribution is -0.671. The van der Waals surface area contributed by atoms with Gasteiger partial charge in [0, 0.05) is 6.42 Å². The molecule has 0 aliphatic heterocycles. The molecule has 0 unspecified atom stereocenters. The summed E-state index contributed by atoms with van der Waals surface area (Å²) in [5, 5.41) is 0. The minimum Gasteiger partial charge on any atom is -0.240 e. The van der Waals surface area contributed by atoms with E-state index in [9.17, 15) is 16.8 Å². The quantitative estimate of drug-likeness (QED) is 0.681. The average Bonchev–Trinajstić information content (AvgIpc) is 2.83. The maximum absolute atomic E-state index is 12.0. The van der Waals surface area contributed by atoms with Gasteiger partial charge in [-0.15, -0.1) is 3.63 Å². The smallest absolute Gasteiger partial charge is 0.240 e. The van der Waals surface area contributed by atoms with E-state index in [4.69, 9.17) is 0 Å². The summed E-state index contributed by atoms with van der Waals surface area (Å²) in [5.41, 5.74) is 0.867. The fourth-order valence-corrected chi connectivity index (χ4v) is 4.60. The summed E-state index contributed by atoms with van der Waals surface area (Å²) in [6.45, 7) is 2.25. The number of rotatable bonds is 7. The first-order chi connectivity index (χ1) is 10.7.